The van der Waals surface area contributed by atoms with Crippen molar-refractivity contribution in [2.75, 3.05) is 32.2 Å². The van der Waals surface area contributed by atoms with E-state index < -0.39 is 0 Å². The number of phenolic OH excluding ortho intramolecular Hbond substituents is 1. The summed E-state index contributed by atoms with van der Waals surface area (Å²) in [6.45, 7) is 7.94. The summed E-state index contributed by atoms with van der Waals surface area (Å²) in [5.41, 5.74) is 3.41. The highest BCUT2D eigenvalue weighted by Crippen LogP contribution is 2.34. The van der Waals surface area contributed by atoms with Crippen LogP contribution in [0.15, 0.2) is 35.3 Å². The lowest BCUT2D eigenvalue weighted by atomic mass is 10.1. The van der Waals surface area contributed by atoms with Crippen molar-refractivity contribution in [2.24, 2.45) is 4.99 Å². The Kier molecular flexibility index (Phi) is 6.28. The fraction of sp³-hybridized carbons (Fsp3) is 0.350. The molecule has 1 N–H and O–H groups in total. The van der Waals surface area contributed by atoms with Crippen LogP contribution in [0.25, 0.3) is 0 Å². The summed E-state index contributed by atoms with van der Waals surface area (Å²) in [5, 5.41) is 10.3. The Morgan fingerprint density at radius 3 is 2.24 bits per heavy atom. The first-order chi connectivity index (χ1) is 12.0. The number of aromatic hydroxyl groups is 1. The van der Waals surface area contributed by atoms with E-state index in [4.69, 9.17) is 9.47 Å². The summed E-state index contributed by atoms with van der Waals surface area (Å²) in [6, 6.07) is 9.36. The molecule has 2 rings (SSSR count). The number of anilines is 1. The smallest absolute Gasteiger partial charge is 0.162 e. The highest BCUT2D eigenvalue weighted by Gasteiger charge is 2.09. The third-order valence-corrected chi connectivity index (χ3v) is 4.19. The van der Waals surface area contributed by atoms with Crippen molar-refractivity contribution in [2.45, 2.75) is 20.8 Å². The standard InChI is InChI=1S/C20H26N2O3/c1-6-22(7-2)16-9-8-15(18(23)11-16)13-21-17-12-20(25-5)19(24-4)10-14(17)3/h8-13,23H,6-7H2,1-5H3. The molecule has 0 amide bonds. The zero-order chi connectivity index (χ0) is 18.4. The molecule has 25 heavy (non-hydrogen) atoms. The molecule has 0 spiro atoms. The third kappa shape index (κ3) is 4.24. The number of methoxy groups -OCH3 is 2. The van der Waals surface area contributed by atoms with Crippen molar-refractivity contribution >= 4 is 17.6 Å². The molecule has 0 atom stereocenters. The quantitative estimate of drug-likeness (QED) is 0.762. The van der Waals surface area contributed by atoms with Gasteiger partial charge in [0, 0.05) is 42.7 Å². The van der Waals surface area contributed by atoms with Gasteiger partial charge in [0.25, 0.3) is 0 Å². The number of benzene rings is 2. The molecule has 0 unspecified atom stereocenters. The normalized spacial score (nSPS) is 10.9. The predicted molar refractivity (Wildman–Crippen MR) is 103 cm³/mol. The van der Waals surface area contributed by atoms with E-state index in [1.165, 1.54) is 0 Å². The van der Waals surface area contributed by atoms with Crippen LogP contribution >= 0.6 is 0 Å². The van der Waals surface area contributed by atoms with Gasteiger partial charge in [-0.15, -0.1) is 0 Å². The Bertz CT molecular complexity index is 753. The van der Waals surface area contributed by atoms with E-state index in [1.54, 1.807) is 26.5 Å². The molecule has 5 heteroatoms. The zero-order valence-electron chi connectivity index (χ0n) is 15.5. The summed E-state index contributed by atoms with van der Waals surface area (Å²) in [7, 11) is 3.20. The Balaban J connectivity index is 2.30. The second-order valence-corrected chi connectivity index (χ2v) is 5.67. The van der Waals surface area contributed by atoms with E-state index in [9.17, 15) is 5.11 Å². The Hall–Kier alpha value is -2.69. The summed E-state index contributed by atoms with van der Waals surface area (Å²) in [4.78, 5) is 6.68. The minimum atomic E-state index is 0.214. The average Bonchev–Trinajstić information content (AvgIpc) is 2.62. The van der Waals surface area contributed by atoms with E-state index in [0.29, 0.717) is 17.1 Å². The first-order valence-electron chi connectivity index (χ1n) is 8.38. The topological polar surface area (TPSA) is 54.3 Å². The first-order valence-corrected chi connectivity index (χ1v) is 8.38. The molecule has 2 aromatic carbocycles. The van der Waals surface area contributed by atoms with Gasteiger partial charge in [-0.25, -0.2) is 0 Å². The van der Waals surface area contributed by atoms with E-state index >= 15 is 0 Å². The number of aliphatic imine (C=N–C) groups is 1. The van der Waals surface area contributed by atoms with Gasteiger partial charge >= 0.3 is 0 Å². The second-order valence-electron chi connectivity index (χ2n) is 5.67. The lowest BCUT2D eigenvalue weighted by Crippen LogP contribution is -2.21. The van der Waals surface area contributed by atoms with Crippen LogP contribution in [0.3, 0.4) is 0 Å². The molecule has 0 saturated heterocycles. The Labute approximate surface area is 149 Å². The molecular weight excluding hydrogens is 316 g/mol. The SMILES string of the molecule is CCN(CC)c1ccc(C=Nc2cc(OC)c(OC)cc2C)c(O)c1. The van der Waals surface area contributed by atoms with E-state index in [-0.39, 0.29) is 5.75 Å². The monoisotopic (exact) mass is 342 g/mol. The van der Waals surface area contributed by atoms with Crippen molar-refractivity contribution in [1.82, 2.24) is 0 Å². The van der Waals surface area contributed by atoms with E-state index in [1.807, 2.05) is 31.2 Å². The maximum Gasteiger partial charge on any atom is 0.162 e. The van der Waals surface area contributed by atoms with Crippen LogP contribution < -0.4 is 14.4 Å². The van der Waals surface area contributed by atoms with Crippen molar-refractivity contribution in [3.05, 3.63) is 41.5 Å². The molecule has 2 aromatic rings. The molecule has 5 nitrogen and oxygen atoms in total. The van der Waals surface area contributed by atoms with Crippen LogP contribution in [0.2, 0.25) is 0 Å². The van der Waals surface area contributed by atoms with Gasteiger partial charge in [-0.3, -0.25) is 4.99 Å². The minimum absolute atomic E-state index is 0.214. The number of aryl methyl sites for hydroxylation is 1. The number of nitrogens with zero attached hydrogens (tertiary/aromatic N) is 2. The van der Waals surface area contributed by atoms with Crippen LogP contribution in [-0.2, 0) is 0 Å². The summed E-state index contributed by atoms with van der Waals surface area (Å²) in [5.74, 6) is 1.51. The van der Waals surface area contributed by atoms with Crippen molar-refractivity contribution in [3.63, 3.8) is 0 Å². The average molecular weight is 342 g/mol. The molecule has 0 bridgehead atoms. The van der Waals surface area contributed by atoms with Gasteiger partial charge in [-0.2, -0.15) is 0 Å². The molecule has 0 aliphatic heterocycles. The van der Waals surface area contributed by atoms with Crippen LogP contribution in [0.4, 0.5) is 11.4 Å². The van der Waals surface area contributed by atoms with Gasteiger partial charge in [-0.1, -0.05) is 0 Å². The Morgan fingerprint density at radius 1 is 1.04 bits per heavy atom. The fourth-order valence-corrected chi connectivity index (χ4v) is 2.67. The maximum absolute atomic E-state index is 10.3. The number of hydrogen-bond acceptors (Lipinski definition) is 5. The molecule has 0 fully saturated rings. The van der Waals surface area contributed by atoms with Gasteiger partial charge in [0.15, 0.2) is 11.5 Å². The maximum atomic E-state index is 10.3. The van der Waals surface area contributed by atoms with Crippen LogP contribution in [0, 0.1) is 6.92 Å². The Morgan fingerprint density at radius 2 is 1.68 bits per heavy atom. The number of ether oxygens (including phenoxy) is 2. The third-order valence-electron chi connectivity index (χ3n) is 4.19. The number of phenols is 1. The number of hydrogen-bond donors (Lipinski definition) is 1. The van der Waals surface area contributed by atoms with Gasteiger partial charge in [-0.05, 0) is 44.5 Å². The highest BCUT2D eigenvalue weighted by molar-refractivity contribution is 5.86. The van der Waals surface area contributed by atoms with Crippen LogP contribution in [0.1, 0.15) is 25.0 Å². The number of rotatable bonds is 7. The molecule has 0 radical (unpaired) electrons. The minimum Gasteiger partial charge on any atom is -0.507 e. The predicted octanol–water partition coefficient (Wildman–Crippen LogP) is 4.31. The van der Waals surface area contributed by atoms with Gasteiger partial charge in [0.1, 0.15) is 5.75 Å². The first kappa shape index (κ1) is 18.6. The fourth-order valence-electron chi connectivity index (χ4n) is 2.67. The summed E-state index contributed by atoms with van der Waals surface area (Å²) in [6.07, 6.45) is 1.66. The second kappa shape index (κ2) is 8.42. The lowest BCUT2D eigenvalue weighted by Gasteiger charge is -2.21. The van der Waals surface area contributed by atoms with Crippen LogP contribution in [0.5, 0.6) is 17.2 Å². The van der Waals surface area contributed by atoms with Crippen molar-refractivity contribution < 1.29 is 14.6 Å². The van der Waals surface area contributed by atoms with Gasteiger partial charge in [0.05, 0.1) is 19.9 Å². The summed E-state index contributed by atoms with van der Waals surface area (Å²) >= 11 is 0. The zero-order valence-corrected chi connectivity index (χ0v) is 15.5. The van der Waals surface area contributed by atoms with Crippen molar-refractivity contribution in [1.29, 1.82) is 0 Å². The molecular formula is C20H26N2O3. The lowest BCUT2D eigenvalue weighted by molar-refractivity contribution is 0.355. The van der Waals surface area contributed by atoms with Crippen molar-refractivity contribution in [3.8, 4) is 17.2 Å². The van der Waals surface area contributed by atoms with Gasteiger partial charge < -0.3 is 19.5 Å². The van der Waals surface area contributed by atoms with Gasteiger partial charge in [0.2, 0.25) is 0 Å². The highest BCUT2D eigenvalue weighted by atomic mass is 16.5. The molecule has 0 aromatic heterocycles. The van der Waals surface area contributed by atoms with E-state index in [0.717, 1.165) is 30.0 Å². The van der Waals surface area contributed by atoms with E-state index in [2.05, 4.69) is 23.7 Å². The largest absolute Gasteiger partial charge is 0.507 e. The molecule has 0 saturated carbocycles. The van der Waals surface area contributed by atoms with Crippen LogP contribution in [-0.4, -0.2) is 38.6 Å². The summed E-state index contributed by atoms with van der Waals surface area (Å²) < 4.78 is 10.6. The molecule has 134 valence electrons. The molecule has 0 aliphatic carbocycles. The molecule has 0 heterocycles. The molecule has 0 aliphatic rings.